The van der Waals surface area contributed by atoms with Gasteiger partial charge in [0, 0.05) is 5.69 Å². The minimum Gasteiger partial charge on any atom is -0.465 e. The Kier molecular flexibility index (Phi) is 3.20. The molecule has 0 aromatic carbocycles. The molecule has 1 rings (SSSR count). The lowest BCUT2D eigenvalue weighted by Gasteiger charge is -2.04. The lowest BCUT2D eigenvalue weighted by Crippen LogP contribution is -2.06. The van der Waals surface area contributed by atoms with Gasteiger partial charge in [0.1, 0.15) is 10.7 Å². The molecular weight excluding hydrogens is 248 g/mol. The van der Waals surface area contributed by atoms with E-state index in [4.69, 9.17) is 5.26 Å². The highest BCUT2D eigenvalue weighted by Crippen LogP contribution is 2.19. The van der Waals surface area contributed by atoms with Crippen molar-refractivity contribution in [2.75, 3.05) is 7.11 Å². The summed E-state index contributed by atoms with van der Waals surface area (Å²) in [5.41, 5.74) is 1.08. The lowest BCUT2D eigenvalue weighted by molar-refractivity contribution is 0.0600. The van der Waals surface area contributed by atoms with E-state index in [1.165, 1.54) is 13.2 Å². The largest absolute Gasteiger partial charge is 0.465 e. The maximum atomic E-state index is 11.3. The number of ether oxygens (including phenoxy) is 1. The number of aryl methyl sites for hydroxylation is 1. The van der Waals surface area contributed by atoms with Crippen LogP contribution in [0.5, 0.6) is 0 Å². The van der Waals surface area contributed by atoms with E-state index >= 15 is 0 Å². The molecule has 0 saturated carbocycles. The number of carbonyl (C=O) groups is 1. The van der Waals surface area contributed by atoms with Crippen molar-refractivity contribution in [3.8, 4) is 6.07 Å². The molecule has 0 aliphatic heterocycles. The van der Waals surface area contributed by atoms with Crippen molar-refractivity contribution in [1.82, 2.24) is 4.98 Å². The quantitative estimate of drug-likeness (QED) is 0.567. The number of aromatic nitrogens is 1. The Morgan fingerprint density at radius 2 is 2.36 bits per heavy atom. The van der Waals surface area contributed by atoms with E-state index in [0.29, 0.717) is 10.3 Å². The molecule has 0 saturated heterocycles. The van der Waals surface area contributed by atoms with Crippen LogP contribution in [0.3, 0.4) is 0 Å². The van der Waals surface area contributed by atoms with Crippen molar-refractivity contribution in [1.29, 1.82) is 5.26 Å². The molecule has 5 heteroatoms. The summed E-state index contributed by atoms with van der Waals surface area (Å²) < 4.78 is 4.91. The van der Waals surface area contributed by atoms with Crippen LogP contribution in [0.1, 0.15) is 21.6 Å². The third-order valence-corrected chi connectivity index (χ3v) is 2.19. The summed E-state index contributed by atoms with van der Waals surface area (Å²) in [5.74, 6) is -0.534. The summed E-state index contributed by atoms with van der Waals surface area (Å²) in [7, 11) is 1.27. The first-order valence-corrected chi connectivity index (χ1v) is 4.55. The predicted octanol–water partition coefficient (Wildman–Crippen LogP) is 1.81. The molecular formula is C9H7BrN2O2. The monoisotopic (exact) mass is 254 g/mol. The van der Waals surface area contributed by atoms with Gasteiger partial charge in [-0.25, -0.2) is 9.78 Å². The van der Waals surface area contributed by atoms with E-state index in [2.05, 4.69) is 25.7 Å². The topological polar surface area (TPSA) is 63.0 Å². The van der Waals surface area contributed by atoms with Gasteiger partial charge in [0.15, 0.2) is 0 Å². The van der Waals surface area contributed by atoms with Crippen molar-refractivity contribution in [2.45, 2.75) is 6.92 Å². The molecule has 0 radical (unpaired) electrons. The van der Waals surface area contributed by atoms with Crippen LogP contribution in [0, 0.1) is 18.3 Å². The zero-order valence-corrected chi connectivity index (χ0v) is 9.25. The molecule has 0 spiro atoms. The van der Waals surface area contributed by atoms with Crippen LogP contribution in [0.15, 0.2) is 10.7 Å². The van der Waals surface area contributed by atoms with Crippen LogP contribution in [0.4, 0.5) is 0 Å². The minimum atomic E-state index is -0.534. The lowest BCUT2D eigenvalue weighted by atomic mass is 10.1. The van der Waals surface area contributed by atoms with E-state index in [1.807, 2.05) is 6.07 Å². The summed E-state index contributed by atoms with van der Waals surface area (Å²) in [6.07, 6.45) is 0. The van der Waals surface area contributed by atoms with Gasteiger partial charge in [0.2, 0.25) is 0 Å². The highest BCUT2D eigenvalue weighted by atomic mass is 79.9. The summed E-state index contributed by atoms with van der Waals surface area (Å²) in [6.45, 7) is 1.73. The van der Waals surface area contributed by atoms with Crippen LogP contribution in [0.2, 0.25) is 0 Å². The van der Waals surface area contributed by atoms with E-state index < -0.39 is 5.97 Å². The van der Waals surface area contributed by atoms with Crippen LogP contribution in [0.25, 0.3) is 0 Å². The smallest absolute Gasteiger partial charge is 0.339 e. The molecule has 4 nitrogen and oxygen atoms in total. The molecule has 0 fully saturated rings. The molecule has 72 valence electrons. The second kappa shape index (κ2) is 4.20. The first-order chi connectivity index (χ1) is 6.60. The fourth-order valence-electron chi connectivity index (χ4n) is 1.01. The fraction of sp³-hybridized carbons (Fsp3) is 0.222. The van der Waals surface area contributed by atoms with Crippen molar-refractivity contribution in [3.05, 3.63) is 27.5 Å². The van der Waals surface area contributed by atoms with Gasteiger partial charge < -0.3 is 4.74 Å². The van der Waals surface area contributed by atoms with Gasteiger partial charge in [-0.1, -0.05) is 0 Å². The molecule has 14 heavy (non-hydrogen) atoms. The second-order valence-electron chi connectivity index (χ2n) is 2.58. The zero-order valence-electron chi connectivity index (χ0n) is 7.67. The van der Waals surface area contributed by atoms with Gasteiger partial charge in [-0.05, 0) is 28.9 Å². The molecule has 1 aromatic rings. The SMILES string of the molecule is COC(=O)c1cc(C)nc(Br)c1C#N. The normalized spacial score (nSPS) is 9.29. The maximum absolute atomic E-state index is 11.3. The average Bonchev–Trinajstić information content (AvgIpc) is 2.15. The molecule has 0 amide bonds. The van der Waals surface area contributed by atoms with E-state index in [0.717, 1.165) is 0 Å². The highest BCUT2D eigenvalue weighted by Gasteiger charge is 2.16. The van der Waals surface area contributed by atoms with Gasteiger partial charge in [-0.15, -0.1) is 0 Å². The summed E-state index contributed by atoms with van der Waals surface area (Å²) in [6, 6.07) is 3.42. The van der Waals surface area contributed by atoms with Gasteiger partial charge in [-0.2, -0.15) is 5.26 Å². The molecule has 0 unspecified atom stereocenters. The number of methoxy groups -OCH3 is 1. The molecule has 0 bridgehead atoms. The van der Waals surface area contributed by atoms with E-state index in [1.54, 1.807) is 6.92 Å². The molecule has 1 aromatic heterocycles. The Morgan fingerprint density at radius 1 is 1.71 bits per heavy atom. The Balaban J connectivity index is 3.41. The van der Waals surface area contributed by atoms with E-state index in [-0.39, 0.29) is 11.1 Å². The first kappa shape index (κ1) is 10.7. The number of rotatable bonds is 1. The predicted molar refractivity (Wildman–Crippen MR) is 52.7 cm³/mol. The van der Waals surface area contributed by atoms with Crippen LogP contribution >= 0.6 is 15.9 Å². The number of nitriles is 1. The Labute approximate surface area is 89.6 Å². The number of pyridine rings is 1. The van der Waals surface area contributed by atoms with Crippen molar-refractivity contribution in [2.24, 2.45) is 0 Å². The standard InChI is InChI=1S/C9H7BrN2O2/c1-5-3-6(9(13)14-2)7(4-11)8(10)12-5/h3H,1-2H3. The van der Waals surface area contributed by atoms with Crippen LogP contribution < -0.4 is 0 Å². The van der Waals surface area contributed by atoms with Crippen molar-refractivity contribution >= 4 is 21.9 Å². The number of hydrogen-bond acceptors (Lipinski definition) is 4. The molecule has 1 heterocycles. The summed E-state index contributed by atoms with van der Waals surface area (Å²) in [4.78, 5) is 15.3. The average molecular weight is 255 g/mol. The van der Waals surface area contributed by atoms with Gasteiger partial charge in [-0.3, -0.25) is 0 Å². The number of halogens is 1. The maximum Gasteiger partial charge on any atom is 0.339 e. The Morgan fingerprint density at radius 3 is 2.86 bits per heavy atom. The van der Waals surface area contributed by atoms with Crippen molar-refractivity contribution < 1.29 is 9.53 Å². The number of carbonyl (C=O) groups excluding carboxylic acids is 1. The Bertz CT molecular complexity index is 424. The fourth-order valence-corrected chi connectivity index (χ4v) is 1.59. The van der Waals surface area contributed by atoms with Crippen molar-refractivity contribution in [3.63, 3.8) is 0 Å². The second-order valence-corrected chi connectivity index (χ2v) is 3.33. The van der Waals surface area contributed by atoms with Crippen LogP contribution in [-0.2, 0) is 4.74 Å². The third-order valence-electron chi connectivity index (χ3n) is 1.62. The zero-order chi connectivity index (χ0) is 10.7. The third kappa shape index (κ3) is 1.91. The Hall–Kier alpha value is -1.41. The summed E-state index contributed by atoms with van der Waals surface area (Å²) in [5, 5.41) is 8.81. The molecule has 0 N–H and O–H groups in total. The number of esters is 1. The van der Waals surface area contributed by atoms with Gasteiger partial charge in [0.25, 0.3) is 0 Å². The van der Waals surface area contributed by atoms with Crippen LogP contribution in [-0.4, -0.2) is 18.1 Å². The summed E-state index contributed by atoms with van der Waals surface area (Å²) >= 11 is 3.11. The van der Waals surface area contributed by atoms with E-state index in [9.17, 15) is 4.79 Å². The highest BCUT2D eigenvalue weighted by molar-refractivity contribution is 9.10. The van der Waals surface area contributed by atoms with Gasteiger partial charge >= 0.3 is 5.97 Å². The first-order valence-electron chi connectivity index (χ1n) is 3.75. The molecule has 0 atom stereocenters. The minimum absolute atomic E-state index is 0.197. The number of hydrogen-bond donors (Lipinski definition) is 0. The number of nitrogens with zero attached hydrogens (tertiary/aromatic N) is 2. The molecule has 0 aliphatic rings. The van der Waals surface area contributed by atoms with Gasteiger partial charge in [0.05, 0.1) is 18.2 Å². The molecule has 0 aliphatic carbocycles.